The zero-order chi connectivity index (χ0) is 21.5. The number of non-ortho nitro benzene ring substituents is 1. The average Bonchev–Trinajstić information content (AvgIpc) is 2.74. The number of hydrogen-bond donors (Lipinski definition) is 1. The van der Waals surface area contributed by atoms with E-state index in [0.717, 1.165) is 24.0 Å². The minimum Gasteiger partial charge on any atom is -0.487 e. The zero-order valence-electron chi connectivity index (χ0n) is 15.4. The number of nitrogens with one attached hydrogen (secondary N) is 1. The second-order valence-electron chi connectivity index (χ2n) is 6.09. The summed E-state index contributed by atoms with van der Waals surface area (Å²) < 4.78 is 7.82. The first-order valence-corrected chi connectivity index (χ1v) is 10.8. The zero-order valence-corrected chi connectivity index (χ0v) is 19.7. The molecule has 152 valence electrons. The highest BCUT2D eigenvalue weighted by molar-refractivity contribution is 14.1. The Bertz CT molecular complexity index is 1060. The fourth-order valence-corrected chi connectivity index (χ4v) is 4.61. The minimum absolute atomic E-state index is 0.0752. The molecule has 3 aromatic carbocycles. The van der Waals surface area contributed by atoms with E-state index in [9.17, 15) is 14.9 Å². The van der Waals surface area contributed by atoms with Crippen LogP contribution in [0, 0.1) is 17.3 Å². The van der Waals surface area contributed by atoms with Gasteiger partial charge in [-0.15, -0.1) is 0 Å². The summed E-state index contributed by atoms with van der Waals surface area (Å²) in [5.74, 6) is 0.348. The molecule has 1 N–H and O–H groups in total. The SMILES string of the molecule is O=C(N/N=C/c1cc(I)c(OCc2ccccc2)c(I)c1)c1ccc([N+](=O)[O-])cc1. The van der Waals surface area contributed by atoms with E-state index >= 15 is 0 Å². The van der Waals surface area contributed by atoms with Gasteiger partial charge in [-0.2, -0.15) is 5.10 Å². The van der Waals surface area contributed by atoms with E-state index in [-0.39, 0.29) is 11.3 Å². The Hall–Kier alpha value is -2.54. The molecule has 0 aliphatic rings. The fraction of sp³-hybridized carbons (Fsp3) is 0.0476. The van der Waals surface area contributed by atoms with Gasteiger partial charge in [0.1, 0.15) is 12.4 Å². The Kier molecular flexibility index (Phi) is 7.74. The summed E-state index contributed by atoms with van der Waals surface area (Å²) in [5, 5.41) is 14.6. The van der Waals surface area contributed by atoms with E-state index in [2.05, 4.69) is 55.7 Å². The van der Waals surface area contributed by atoms with E-state index in [1.54, 1.807) is 0 Å². The van der Waals surface area contributed by atoms with E-state index in [1.807, 2.05) is 42.5 Å². The van der Waals surface area contributed by atoms with Crippen molar-refractivity contribution in [2.24, 2.45) is 5.10 Å². The lowest BCUT2D eigenvalue weighted by atomic mass is 10.2. The minimum atomic E-state index is -0.518. The highest BCUT2D eigenvalue weighted by Crippen LogP contribution is 2.29. The molecule has 0 heterocycles. The van der Waals surface area contributed by atoms with Crippen LogP contribution in [0.3, 0.4) is 0 Å². The maximum atomic E-state index is 12.1. The van der Waals surface area contributed by atoms with Crippen LogP contribution in [-0.4, -0.2) is 17.0 Å². The summed E-state index contributed by atoms with van der Waals surface area (Å²) in [6.45, 7) is 0.478. The molecule has 0 saturated heterocycles. The lowest BCUT2D eigenvalue weighted by molar-refractivity contribution is -0.384. The van der Waals surface area contributed by atoms with Gasteiger partial charge in [-0.3, -0.25) is 14.9 Å². The number of nitro groups is 1. The third kappa shape index (κ3) is 5.98. The van der Waals surface area contributed by atoms with Gasteiger partial charge in [-0.1, -0.05) is 30.3 Å². The normalized spacial score (nSPS) is 10.7. The molecule has 0 atom stereocenters. The summed E-state index contributed by atoms with van der Waals surface area (Å²) >= 11 is 4.41. The highest BCUT2D eigenvalue weighted by Gasteiger charge is 2.10. The molecule has 0 fully saturated rings. The van der Waals surface area contributed by atoms with E-state index in [4.69, 9.17) is 4.74 Å². The third-order valence-electron chi connectivity index (χ3n) is 3.97. The van der Waals surface area contributed by atoms with Crippen LogP contribution < -0.4 is 10.2 Å². The van der Waals surface area contributed by atoms with Crippen molar-refractivity contribution in [2.75, 3.05) is 0 Å². The smallest absolute Gasteiger partial charge is 0.271 e. The number of hydrogen-bond acceptors (Lipinski definition) is 5. The van der Waals surface area contributed by atoms with Crippen LogP contribution in [0.1, 0.15) is 21.5 Å². The van der Waals surface area contributed by atoms with Gasteiger partial charge in [-0.05, 0) is 80.6 Å². The molecule has 0 saturated carbocycles. The van der Waals surface area contributed by atoms with Crippen molar-refractivity contribution in [3.63, 3.8) is 0 Å². The molecule has 1 amide bonds. The molecular formula is C21H15I2N3O4. The lowest BCUT2D eigenvalue weighted by Gasteiger charge is -2.11. The summed E-state index contributed by atoms with van der Waals surface area (Å²) in [6.07, 6.45) is 1.54. The molecule has 0 radical (unpaired) electrons. The number of nitrogens with zero attached hydrogens (tertiary/aromatic N) is 2. The quantitative estimate of drug-likeness (QED) is 0.170. The third-order valence-corrected chi connectivity index (χ3v) is 5.57. The van der Waals surface area contributed by atoms with Crippen molar-refractivity contribution in [2.45, 2.75) is 6.61 Å². The van der Waals surface area contributed by atoms with Gasteiger partial charge in [-0.25, -0.2) is 5.43 Å². The van der Waals surface area contributed by atoms with Crippen molar-refractivity contribution >= 4 is 63.0 Å². The van der Waals surface area contributed by atoms with Crippen molar-refractivity contribution in [3.05, 3.63) is 101 Å². The van der Waals surface area contributed by atoms with Crippen LogP contribution in [0.4, 0.5) is 5.69 Å². The lowest BCUT2D eigenvalue weighted by Crippen LogP contribution is -2.17. The van der Waals surface area contributed by atoms with Gasteiger partial charge in [0.15, 0.2) is 0 Å². The van der Waals surface area contributed by atoms with Gasteiger partial charge in [0.25, 0.3) is 11.6 Å². The van der Waals surface area contributed by atoms with Crippen LogP contribution in [0.25, 0.3) is 0 Å². The highest BCUT2D eigenvalue weighted by atomic mass is 127. The summed E-state index contributed by atoms with van der Waals surface area (Å²) in [4.78, 5) is 22.3. The first-order chi connectivity index (χ1) is 14.4. The second kappa shape index (κ2) is 10.5. The molecule has 0 aliphatic heterocycles. The van der Waals surface area contributed by atoms with Gasteiger partial charge in [0.05, 0.1) is 18.3 Å². The number of benzene rings is 3. The largest absolute Gasteiger partial charge is 0.487 e. The number of rotatable bonds is 7. The Morgan fingerprint density at radius 1 is 1.07 bits per heavy atom. The molecule has 7 nitrogen and oxygen atoms in total. The van der Waals surface area contributed by atoms with Crippen LogP contribution in [0.2, 0.25) is 0 Å². The Morgan fingerprint density at radius 3 is 2.30 bits per heavy atom. The Labute approximate surface area is 200 Å². The molecule has 0 unspecified atom stereocenters. The first-order valence-electron chi connectivity index (χ1n) is 8.67. The summed E-state index contributed by atoms with van der Waals surface area (Å²) in [7, 11) is 0. The van der Waals surface area contributed by atoms with Crippen molar-refractivity contribution in [1.29, 1.82) is 0 Å². The van der Waals surface area contributed by atoms with Crippen molar-refractivity contribution in [1.82, 2.24) is 5.43 Å². The molecular weight excluding hydrogens is 612 g/mol. The Balaban J connectivity index is 1.62. The maximum absolute atomic E-state index is 12.1. The standard InChI is InChI=1S/C21H15I2N3O4/c22-18-10-15(11-19(23)20(18)30-13-14-4-2-1-3-5-14)12-24-25-21(27)16-6-8-17(9-7-16)26(28)29/h1-12H,13H2,(H,25,27)/b24-12+. The van der Waals surface area contributed by atoms with E-state index in [1.165, 1.54) is 30.5 Å². The number of halogens is 2. The van der Waals surface area contributed by atoms with E-state index in [0.29, 0.717) is 6.61 Å². The van der Waals surface area contributed by atoms with E-state index < -0.39 is 10.8 Å². The number of ether oxygens (including phenoxy) is 1. The molecule has 0 aliphatic carbocycles. The van der Waals surface area contributed by atoms with Crippen LogP contribution in [0.5, 0.6) is 5.75 Å². The van der Waals surface area contributed by atoms with Gasteiger partial charge >= 0.3 is 0 Å². The number of hydrazone groups is 1. The van der Waals surface area contributed by atoms with Crippen LogP contribution in [0.15, 0.2) is 71.8 Å². The first kappa shape index (κ1) is 22.2. The van der Waals surface area contributed by atoms with Crippen LogP contribution >= 0.6 is 45.2 Å². The van der Waals surface area contributed by atoms with Crippen molar-refractivity contribution < 1.29 is 14.5 Å². The average molecular weight is 627 g/mol. The fourth-order valence-electron chi connectivity index (χ4n) is 2.49. The second-order valence-corrected chi connectivity index (χ2v) is 8.42. The number of amides is 1. The predicted molar refractivity (Wildman–Crippen MR) is 131 cm³/mol. The van der Waals surface area contributed by atoms with Gasteiger partial charge in [0, 0.05) is 17.7 Å². The maximum Gasteiger partial charge on any atom is 0.271 e. The molecule has 30 heavy (non-hydrogen) atoms. The van der Waals surface area contributed by atoms with Crippen LogP contribution in [-0.2, 0) is 6.61 Å². The molecule has 3 aromatic rings. The molecule has 3 rings (SSSR count). The monoisotopic (exact) mass is 627 g/mol. The number of nitro benzene ring substituents is 1. The number of carbonyl (C=O) groups is 1. The molecule has 9 heteroatoms. The molecule has 0 bridgehead atoms. The van der Waals surface area contributed by atoms with Crippen molar-refractivity contribution in [3.8, 4) is 5.75 Å². The summed E-state index contributed by atoms with van der Waals surface area (Å²) in [5.41, 5.74) is 4.52. The predicted octanol–water partition coefficient (Wildman–Crippen LogP) is 5.15. The topological polar surface area (TPSA) is 93.8 Å². The van der Waals surface area contributed by atoms with Gasteiger partial charge in [0.2, 0.25) is 0 Å². The molecule has 0 spiro atoms. The Morgan fingerprint density at radius 2 is 1.70 bits per heavy atom. The number of carbonyl (C=O) groups excluding carboxylic acids is 1. The molecule has 0 aromatic heterocycles. The van der Waals surface area contributed by atoms with Gasteiger partial charge < -0.3 is 4.74 Å². The summed E-state index contributed by atoms with van der Waals surface area (Å²) in [6, 6.07) is 19.1.